The minimum absolute atomic E-state index is 0.00383. The van der Waals surface area contributed by atoms with E-state index in [1.807, 2.05) is 0 Å². The Morgan fingerprint density at radius 2 is 2.00 bits per heavy atom. The summed E-state index contributed by atoms with van der Waals surface area (Å²) >= 11 is 0. The van der Waals surface area contributed by atoms with E-state index in [9.17, 15) is 14.3 Å². The molecule has 1 aliphatic carbocycles. The lowest BCUT2D eigenvalue weighted by Gasteiger charge is -2.27. The van der Waals surface area contributed by atoms with Crippen LogP contribution in [0, 0.1) is 5.92 Å². The number of hydrogen-bond acceptors (Lipinski definition) is 4. The second kappa shape index (κ2) is 8.78. The molecule has 6 nitrogen and oxygen atoms in total. The number of nitrogens with one attached hydrogen (secondary N) is 1. The van der Waals surface area contributed by atoms with Gasteiger partial charge in [0, 0.05) is 6.92 Å². The molecule has 0 saturated heterocycles. The van der Waals surface area contributed by atoms with Gasteiger partial charge in [0.15, 0.2) is 0 Å². The van der Waals surface area contributed by atoms with E-state index in [0.29, 0.717) is 5.92 Å². The quantitative estimate of drug-likeness (QED) is 0.673. The maximum Gasteiger partial charge on any atom is 0.472 e. The molecule has 0 spiro atoms. The van der Waals surface area contributed by atoms with Crippen LogP contribution < -0.4 is 5.32 Å². The van der Waals surface area contributed by atoms with Crippen molar-refractivity contribution in [2.24, 2.45) is 5.92 Å². The Kier molecular flexibility index (Phi) is 7.74. The fourth-order valence-corrected chi connectivity index (χ4v) is 3.44. The van der Waals surface area contributed by atoms with Gasteiger partial charge in [0.2, 0.25) is 5.91 Å². The zero-order chi connectivity index (χ0) is 15.0. The number of rotatable bonds is 8. The third-order valence-corrected chi connectivity index (χ3v) is 4.54. The van der Waals surface area contributed by atoms with Crippen LogP contribution in [0.5, 0.6) is 0 Å². The topological polar surface area (TPSA) is 84.9 Å². The summed E-state index contributed by atoms with van der Waals surface area (Å²) in [7, 11) is -3.99. The fraction of sp³-hybridized carbons (Fsp3) is 0.923. The second-order valence-corrected chi connectivity index (χ2v) is 6.77. The normalized spacial score (nSPS) is 21.1. The largest absolute Gasteiger partial charge is 0.472 e. The van der Waals surface area contributed by atoms with Gasteiger partial charge in [0.05, 0.1) is 19.3 Å². The van der Waals surface area contributed by atoms with Crippen LogP contribution in [0.25, 0.3) is 0 Å². The molecule has 2 atom stereocenters. The molecular formula is C13H26NO5P. The number of amides is 1. The Morgan fingerprint density at radius 3 is 2.55 bits per heavy atom. The smallest absolute Gasteiger partial charge is 0.351 e. The predicted molar refractivity (Wildman–Crippen MR) is 76.2 cm³/mol. The molecule has 1 amide bonds. The van der Waals surface area contributed by atoms with Gasteiger partial charge in [-0.25, -0.2) is 4.57 Å². The van der Waals surface area contributed by atoms with Gasteiger partial charge < -0.3 is 10.2 Å². The number of carbonyl (C=O) groups is 1. The van der Waals surface area contributed by atoms with Gasteiger partial charge >= 0.3 is 7.82 Å². The van der Waals surface area contributed by atoms with E-state index >= 15 is 0 Å². The number of hydrogen-bond donors (Lipinski definition) is 2. The fourth-order valence-electron chi connectivity index (χ4n) is 2.67. The molecule has 20 heavy (non-hydrogen) atoms. The minimum atomic E-state index is -3.99. The van der Waals surface area contributed by atoms with Crippen molar-refractivity contribution in [1.82, 2.24) is 5.32 Å². The van der Waals surface area contributed by atoms with E-state index in [2.05, 4.69) is 9.84 Å². The first kappa shape index (κ1) is 17.6. The summed E-state index contributed by atoms with van der Waals surface area (Å²) in [5.74, 6) is 0.396. The van der Waals surface area contributed by atoms with Crippen LogP contribution >= 0.6 is 7.82 Å². The van der Waals surface area contributed by atoms with E-state index in [-0.39, 0.29) is 25.2 Å². The van der Waals surface area contributed by atoms with Gasteiger partial charge in [0.25, 0.3) is 0 Å². The molecule has 1 saturated carbocycles. The summed E-state index contributed by atoms with van der Waals surface area (Å²) in [6, 6.07) is -0.239. The highest BCUT2D eigenvalue weighted by Gasteiger charge is 2.25. The van der Waals surface area contributed by atoms with E-state index < -0.39 is 7.82 Å². The molecule has 7 heteroatoms. The summed E-state index contributed by atoms with van der Waals surface area (Å²) in [4.78, 5) is 20.6. The Hall–Kier alpha value is -0.420. The lowest BCUT2D eigenvalue weighted by molar-refractivity contribution is -0.120. The highest BCUT2D eigenvalue weighted by Crippen LogP contribution is 2.43. The van der Waals surface area contributed by atoms with Crippen molar-refractivity contribution in [3.8, 4) is 0 Å². The molecule has 0 bridgehead atoms. The maximum absolute atomic E-state index is 11.5. The van der Waals surface area contributed by atoms with Crippen molar-refractivity contribution >= 4 is 13.7 Å². The molecule has 1 fully saturated rings. The number of carbonyl (C=O) groups excluding carboxylic acids is 1. The predicted octanol–water partition coefficient (Wildman–Crippen LogP) is 2.62. The van der Waals surface area contributed by atoms with E-state index in [1.54, 1.807) is 6.92 Å². The van der Waals surface area contributed by atoms with Gasteiger partial charge in [-0.1, -0.05) is 32.1 Å². The summed E-state index contributed by atoms with van der Waals surface area (Å²) < 4.78 is 21.1. The van der Waals surface area contributed by atoms with Crippen molar-refractivity contribution in [1.29, 1.82) is 0 Å². The van der Waals surface area contributed by atoms with Crippen LogP contribution in [0.3, 0.4) is 0 Å². The highest BCUT2D eigenvalue weighted by molar-refractivity contribution is 7.47. The summed E-state index contributed by atoms with van der Waals surface area (Å²) in [5, 5.41) is 2.79. The number of phosphoric acid groups is 1. The van der Waals surface area contributed by atoms with Crippen LogP contribution in [-0.4, -0.2) is 30.1 Å². The second-order valence-electron chi connectivity index (χ2n) is 5.32. The van der Waals surface area contributed by atoms with Crippen molar-refractivity contribution in [2.45, 2.75) is 58.4 Å². The Labute approximate surface area is 120 Å². The molecule has 1 aliphatic rings. The Bertz CT molecular complexity index is 344. The van der Waals surface area contributed by atoms with E-state index in [4.69, 9.17) is 4.52 Å². The van der Waals surface area contributed by atoms with Crippen LogP contribution in [0.15, 0.2) is 0 Å². The number of phosphoric ester groups is 1. The van der Waals surface area contributed by atoms with Crippen LogP contribution in [0.1, 0.15) is 52.4 Å². The standard InChI is InChI=1S/C13H26NO5P/c1-3-18-20(16,17)19-10-13(14-11(2)15)9-12-7-5-4-6-8-12/h12-13H,3-10H2,1-2H3,(H,14,15)(H,16,17). The molecule has 1 rings (SSSR count). The molecule has 0 radical (unpaired) electrons. The lowest BCUT2D eigenvalue weighted by Crippen LogP contribution is -2.38. The Morgan fingerprint density at radius 1 is 1.35 bits per heavy atom. The first-order chi connectivity index (χ1) is 9.43. The van der Waals surface area contributed by atoms with Gasteiger partial charge in [-0.15, -0.1) is 0 Å². The lowest BCUT2D eigenvalue weighted by atomic mass is 9.85. The maximum atomic E-state index is 11.5. The monoisotopic (exact) mass is 307 g/mol. The molecule has 0 aromatic carbocycles. The SMILES string of the molecule is CCOP(=O)(O)OCC(CC1CCCCC1)NC(C)=O. The molecular weight excluding hydrogens is 281 g/mol. The zero-order valence-corrected chi connectivity index (χ0v) is 13.2. The molecule has 0 aromatic rings. The van der Waals surface area contributed by atoms with Gasteiger partial charge in [0.1, 0.15) is 0 Å². The zero-order valence-electron chi connectivity index (χ0n) is 12.3. The molecule has 2 unspecified atom stereocenters. The van der Waals surface area contributed by atoms with Gasteiger partial charge in [-0.2, -0.15) is 0 Å². The summed E-state index contributed by atoms with van der Waals surface area (Å²) in [5.41, 5.74) is 0. The summed E-state index contributed by atoms with van der Waals surface area (Å²) in [6.45, 7) is 3.18. The van der Waals surface area contributed by atoms with E-state index in [0.717, 1.165) is 19.3 Å². The average Bonchev–Trinajstić information content (AvgIpc) is 2.37. The van der Waals surface area contributed by atoms with Gasteiger partial charge in [-0.3, -0.25) is 13.8 Å². The molecule has 0 aromatic heterocycles. The van der Waals surface area contributed by atoms with Gasteiger partial charge in [-0.05, 0) is 19.3 Å². The van der Waals surface area contributed by atoms with E-state index in [1.165, 1.54) is 26.2 Å². The van der Waals surface area contributed by atoms with Crippen molar-refractivity contribution in [3.63, 3.8) is 0 Å². The molecule has 118 valence electrons. The molecule has 2 N–H and O–H groups in total. The highest BCUT2D eigenvalue weighted by atomic mass is 31.2. The van der Waals surface area contributed by atoms with Crippen molar-refractivity contribution in [3.05, 3.63) is 0 Å². The van der Waals surface area contributed by atoms with Crippen LogP contribution in [0.2, 0.25) is 0 Å². The Balaban J connectivity index is 2.46. The molecule has 0 aliphatic heterocycles. The van der Waals surface area contributed by atoms with Crippen LogP contribution in [-0.2, 0) is 18.4 Å². The van der Waals surface area contributed by atoms with Crippen molar-refractivity contribution in [2.75, 3.05) is 13.2 Å². The average molecular weight is 307 g/mol. The first-order valence-corrected chi connectivity index (χ1v) is 8.81. The minimum Gasteiger partial charge on any atom is -0.351 e. The summed E-state index contributed by atoms with van der Waals surface area (Å²) in [6.07, 6.45) is 6.79. The third-order valence-electron chi connectivity index (χ3n) is 3.48. The van der Waals surface area contributed by atoms with Crippen LogP contribution in [0.4, 0.5) is 0 Å². The molecule has 0 heterocycles. The first-order valence-electron chi connectivity index (χ1n) is 7.32. The third kappa shape index (κ3) is 7.39. The van der Waals surface area contributed by atoms with Crippen molar-refractivity contribution < 1.29 is 23.3 Å².